The smallest absolute Gasteiger partial charge is 0.00614 e. The van der Waals surface area contributed by atoms with Crippen molar-refractivity contribution in [2.45, 2.75) is 13.8 Å². The van der Waals surface area contributed by atoms with Crippen molar-refractivity contribution in [3.8, 4) is 0 Å². The summed E-state index contributed by atoms with van der Waals surface area (Å²) < 4.78 is 0. The van der Waals surface area contributed by atoms with Crippen LogP contribution in [0.3, 0.4) is 0 Å². The van der Waals surface area contributed by atoms with Gasteiger partial charge in [0, 0.05) is 20.3 Å². The first-order chi connectivity index (χ1) is 5.11. The van der Waals surface area contributed by atoms with Crippen LogP contribution in [0.2, 0.25) is 0 Å². The highest BCUT2D eigenvalue weighted by atomic mass is 15.0. The standard InChI is InChI=1S/C10H15N/c1-8-5-6-10(9(8)2)7-11(3)4/h5-7H,1-4H3. The molecule has 11 heavy (non-hydrogen) atoms. The molecule has 1 aliphatic carbocycles. The van der Waals surface area contributed by atoms with E-state index in [1.165, 1.54) is 16.7 Å². The summed E-state index contributed by atoms with van der Waals surface area (Å²) in [5.74, 6) is 0. The quantitative estimate of drug-likeness (QED) is 0.553. The molecular formula is C10H15N. The summed E-state index contributed by atoms with van der Waals surface area (Å²) in [5.41, 5.74) is 4.09. The molecule has 0 saturated carbocycles. The number of hydrogen-bond donors (Lipinski definition) is 0. The Bertz CT molecular complexity index is 242. The molecule has 0 aromatic rings. The van der Waals surface area contributed by atoms with E-state index in [0.717, 1.165) is 0 Å². The zero-order valence-corrected chi connectivity index (χ0v) is 7.68. The molecule has 0 aromatic heterocycles. The van der Waals surface area contributed by atoms with Crippen LogP contribution >= 0.6 is 0 Å². The van der Waals surface area contributed by atoms with Crippen molar-refractivity contribution < 1.29 is 0 Å². The summed E-state index contributed by atoms with van der Waals surface area (Å²) in [6, 6.07) is 0. The lowest BCUT2D eigenvalue weighted by Gasteiger charge is -2.07. The topological polar surface area (TPSA) is 3.24 Å². The molecule has 0 amide bonds. The maximum Gasteiger partial charge on any atom is 0.00614 e. The molecule has 1 heteroatoms. The molecule has 0 unspecified atom stereocenters. The molecule has 0 fully saturated rings. The highest BCUT2D eigenvalue weighted by molar-refractivity contribution is 5.51. The third-order valence-corrected chi connectivity index (χ3v) is 1.93. The molecule has 0 aliphatic heterocycles. The van der Waals surface area contributed by atoms with Crippen molar-refractivity contribution in [3.63, 3.8) is 0 Å². The lowest BCUT2D eigenvalue weighted by Crippen LogP contribution is -2.02. The van der Waals surface area contributed by atoms with Crippen molar-refractivity contribution in [2.24, 2.45) is 0 Å². The zero-order chi connectivity index (χ0) is 8.43. The number of rotatable bonds is 1. The molecule has 1 aliphatic rings. The maximum atomic E-state index is 2.16. The molecule has 0 bridgehead atoms. The Morgan fingerprint density at radius 3 is 2.18 bits per heavy atom. The van der Waals surface area contributed by atoms with Crippen LogP contribution < -0.4 is 0 Å². The van der Waals surface area contributed by atoms with Gasteiger partial charge in [0.2, 0.25) is 0 Å². The summed E-state index contributed by atoms with van der Waals surface area (Å²) in [4.78, 5) is 2.07. The van der Waals surface area contributed by atoms with Crippen LogP contribution in [0.4, 0.5) is 0 Å². The van der Waals surface area contributed by atoms with E-state index in [1.807, 2.05) is 14.1 Å². The van der Waals surface area contributed by atoms with Gasteiger partial charge in [-0.25, -0.2) is 0 Å². The lowest BCUT2D eigenvalue weighted by molar-refractivity contribution is 0.560. The number of nitrogens with zero attached hydrogens (tertiary/aromatic N) is 1. The van der Waals surface area contributed by atoms with Crippen LogP contribution in [0.15, 0.2) is 35.1 Å². The number of hydrogen-bond acceptors (Lipinski definition) is 1. The van der Waals surface area contributed by atoms with Crippen LogP contribution in [0.5, 0.6) is 0 Å². The van der Waals surface area contributed by atoms with Crippen molar-refractivity contribution in [3.05, 3.63) is 35.1 Å². The van der Waals surface area contributed by atoms with Crippen LogP contribution in [0, 0.1) is 0 Å². The Hall–Kier alpha value is -0.980. The lowest BCUT2D eigenvalue weighted by atomic mass is 10.1. The Morgan fingerprint density at radius 2 is 1.82 bits per heavy atom. The average Bonchev–Trinajstić information content (AvgIpc) is 2.18. The van der Waals surface area contributed by atoms with Gasteiger partial charge in [-0.2, -0.15) is 0 Å². The predicted octanol–water partition coefficient (Wildman–Crippen LogP) is 2.34. The van der Waals surface area contributed by atoms with Gasteiger partial charge in [0.05, 0.1) is 0 Å². The first-order valence-corrected chi connectivity index (χ1v) is 3.85. The van der Waals surface area contributed by atoms with Crippen molar-refractivity contribution in [2.75, 3.05) is 14.1 Å². The Balaban J connectivity index is 2.87. The third kappa shape index (κ3) is 1.73. The molecule has 0 radical (unpaired) electrons. The monoisotopic (exact) mass is 149 g/mol. The molecular weight excluding hydrogens is 134 g/mol. The van der Waals surface area contributed by atoms with Gasteiger partial charge >= 0.3 is 0 Å². The van der Waals surface area contributed by atoms with E-state index in [2.05, 4.69) is 37.1 Å². The second-order valence-electron chi connectivity index (χ2n) is 3.19. The first-order valence-electron chi connectivity index (χ1n) is 3.85. The molecule has 0 saturated heterocycles. The minimum Gasteiger partial charge on any atom is -0.383 e. The second kappa shape index (κ2) is 2.95. The zero-order valence-electron chi connectivity index (χ0n) is 7.68. The Kier molecular flexibility index (Phi) is 2.18. The third-order valence-electron chi connectivity index (χ3n) is 1.93. The average molecular weight is 149 g/mol. The maximum absolute atomic E-state index is 2.16. The molecule has 0 N–H and O–H groups in total. The first kappa shape index (κ1) is 8.12. The van der Waals surface area contributed by atoms with Crippen LogP contribution in [0.25, 0.3) is 0 Å². The van der Waals surface area contributed by atoms with E-state index in [4.69, 9.17) is 0 Å². The fourth-order valence-corrected chi connectivity index (χ4v) is 1.11. The number of allylic oxidation sites excluding steroid dienone is 5. The van der Waals surface area contributed by atoms with E-state index >= 15 is 0 Å². The summed E-state index contributed by atoms with van der Waals surface area (Å²) >= 11 is 0. The summed E-state index contributed by atoms with van der Waals surface area (Å²) in [6.45, 7) is 4.30. The molecule has 0 aromatic carbocycles. The summed E-state index contributed by atoms with van der Waals surface area (Å²) in [7, 11) is 4.09. The largest absolute Gasteiger partial charge is 0.383 e. The normalized spacial score (nSPS) is 20.2. The summed E-state index contributed by atoms with van der Waals surface area (Å²) in [6.07, 6.45) is 6.46. The van der Waals surface area contributed by atoms with Crippen molar-refractivity contribution in [1.82, 2.24) is 4.90 Å². The van der Waals surface area contributed by atoms with E-state index in [-0.39, 0.29) is 0 Å². The van der Waals surface area contributed by atoms with Gasteiger partial charge in [-0.1, -0.05) is 12.2 Å². The SMILES string of the molecule is CC1=C(C)C(=CN(C)C)C=C1. The van der Waals surface area contributed by atoms with Crippen molar-refractivity contribution >= 4 is 0 Å². The highest BCUT2D eigenvalue weighted by Crippen LogP contribution is 2.23. The van der Waals surface area contributed by atoms with Crippen LogP contribution in [-0.4, -0.2) is 19.0 Å². The van der Waals surface area contributed by atoms with E-state index in [0.29, 0.717) is 0 Å². The molecule has 0 spiro atoms. The minimum absolute atomic E-state index is 1.33. The van der Waals surface area contributed by atoms with Gasteiger partial charge in [0.1, 0.15) is 0 Å². The molecule has 1 rings (SSSR count). The molecule has 0 heterocycles. The van der Waals surface area contributed by atoms with Gasteiger partial charge < -0.3 is 4.90 Å². The van der Waals surface area contributed by atoms with Crippen LogP contribution in [-0.2, 0) is 0 Å². The minimum atomic E-state index is 1.33. The van der Waals surface area contributed by atoms with Gasteiger partial charge in [0.25, 0.3) is 0 Å². The van der Waals surface area contributed by atoms with Crippen molar-refractivity contribution in [1.29, 1.82) is 0 Å². The van der Waals surface area contributed by atoms with Gasteiger partial charge in [-0.05, 0) is 30.6 Å². The van der Waals surface area contributed by atoms with Gasteiger partial charge in [-0.15, -0.1) is 0 Å². The Labute approximate surface area is 68.7 Å². The fraction of sp³-hybridized carbons (Fsp3) is 0.400. The molecule has 0 atom stereocenters. The molecule has 1 nitrogen and oxygen atoms in total. The van der Waals surface area contributed by atoms with Crippen LogP contribution in [0.1, 0.15) is 13.8 Å². The predicted molar refractivity (Wildman–Crippen MR) is 49.3 cm³/mol. The molecule has 60 valence electrons. The highest BCUT2D eigenvalue weighted by Gasteiger charge is 2.05. The van der Waals surface area contributed by atoms with E-state index < -0.39 is 0 Å². The fourth-order valence-electron chi connectivity index (χ4n) is 1.11. The van der Waals surface area contributed by atoms with E-state index in [1.54, 1.807) is 0 Å². The van der Waals surface area contributed by atoms with Gasteiger partial charge in [-0.3, -0.25) is 0 Å². The second-order valence-corrected chi connectivity index (χ2v) is 3.19. The van der Waals surface area contributed by atoms with E-state index in [9.17, 15) is 0 Å². The Morgan fingerprint density at radius 1 is 1.18 bits per heavy atom. The van der Waals surface area contributed by atoms with Gasteiger partial charge in [0.15, 0.2) is 0 Å². The summed E-state index contributed by atoms with van der Waals surface area (Å²) in [5, 5.41) is 0.